The van der Waals surface area contributed by atoms with Gasteiger partial charge in [-0.15, -0.1) is 9.42 Å². The van der Waals surface area contributed by atoms with Crippen molar-refractivity contribution < 1.29 is 55.7 Å². The van der Waals surface area contributed by atoms with Gasteiger partial charge in [-0.3, -0.25) is 9.36 Å². The quantitative estimate of drug-likeness (QED) is 0.0264. The van der Waals surface area contributed by atoms with Crippen LogP contribution in [0.25, 0.3) is 11.2 Å². The molecule has 2 fully saturated rings. The minimum atomic E-state index is -3.87. The summed E-state index contributed by atoms with van der Waals surface area (Å²) in [7, 11) is -2.70. The van der Waals surface area contributed by atoms with Crippen molar-refractivity contribution >= 4 is 46.3 Å². The molecule has 20 nitrogen and oxygen atoms in total. The van der Waals surface area contributed by atoms with E-state index in [9.17, 15) is 19.5 Å². The standard InChI is InChI=1S/C50H59N7O13P2SSi/c1-49(2,3)74(6,7)70-44-41(67-48(45(44)68-71(59)60)57-32-56-43-46(57)54-31-55-47(43)58)29-65-72(73,64-25-11-23-51)69-40-27-39(66-42-22-24-52-30-53-42)26-33(40)28-63-50(34-12-9-8-10-13-34,35-14-18-37(61-4)19-15-35)36-16-20-38(62-5)21-17-36/h8-10,12-22,24,30-33,39-41,44-45,48H,11,25-29H2,1-7H3,(H-,54,55,58,59,60)/p+1/t33-,39-,40+,41-,44-,45-,48-,72?/m1/s1. The maximum atomic E-state index is 12.8. The number of hydrogen-bond acceptors (Lipinski definition) is 18. The molecular formula is C50H60N7O13P2SSi+. The zero-order chi connectivity index (χ0) is 52.7. The number of methoxy groups -OCH3 is 2. The van der Waals surface area contributed by atoms with Crippen molar-refractivity contribution in [2.75, 3.05) is 34.0 Å². The molecule has 2 unspecified atom stereocenters. The van der Waals surface area contributed by atoms with Gasteiger partial charge in [0.05, 0.1) is 65.3 Å². The minimum Gasteiger partial charge on any atom is -0.497 e. The zero-order valence-electron chi connectivity index (χ0n) is 42.0. The predicted molar refractivity (Wildman–Crippen MR) is 278 cm³/mol. The van der Waals surface area contributed by atoms with Gasteiger partial charge in [0.25, 0.3) is 5.56 Å². The van der Waals surface area contributed by atoms with Gasteiger partial charge < -0.3 is 46.7 Å². The van der Waals surface area contributed by atoms with Crippen LogP contribution in [-0.2, 0) is 54.0 Å². The highest BCUT2D eigenvalue weighted by atomic mass is 32.5. The number of H-pyrrole nitrogens is 1. The summed E-state index contributed by atoms with van der Waals surface area (Å²) in [4.78, 5) is 42.6. The smallest absolute Gasteiger partial charge is 0.497 e. The van der Waals surface area contributed by atoms with E-state index in [-0.39, 0.29) is 42.4 Å². The highest BCUT2D eigenvalue weighted by molar-refractivity contribution is 8.07. The van der Waals surface area contributed by atoms with Crippen LogP contribution >= 0.6 is 15.0 Å². The first-order valence-electron chi connectivity index (χ1n) is 23.9. The number of imidazole rings is 1. The average Bonchev–Trinajstić information content (AvgIpc) is 4.09. The average molecular weight is 1090 g/mol. The van der Waals surface area contributed by atoms with Crippen molar-refractivity contribution in [2.24, 2.45) is 5.92 Å². The molecule has 1 aliphatic heterocycles. The maximum Gasteiger partial charge on any atom is 0.695 e. The molecule has 74 heavy (non-hydrogen) atoms. The number of fused-ring (bicyclic) bond motifs is 1. The van der Waals surface area contributed by atoms with E-state index in [4.69, 9.17) is 58.0 Å². The van der Waals surface area contributed by atoms with E-state index < -0.39 is 77.1 Å². The van der Waals surface area contributed by atoms with Crippen LogP contribution in [0, 0.1) is 17.2 Å². The van der Waals surface area contributed by atoms with Gasteiger partial charge in [-0.25, -0.2) is 19.9 Å². The molecule has 1 aliphatic carbocycles. The molecule has 3 aromatic heterocycles. The molecule has 1 saturated carbocycles. The van der Waals surface area contributed by atoms with E-state index >= 15 is 0 Å². The molecule has 2 aliphatic rings. The monoisotopic (exact) mass is 1090 g/mol. The summed E-state index contributed by atoms with van der Waals surface area (Å²) in [5, 5.41) is 9.33. The second-order valence-electron chi connectivity index (χ2n) is 19.2. The fourth-order valence-corrected chi connectivity index (χ4v) is 12.8. The molecule has 6 aromatic rings. The number of benzene rings is 3. The van der Waals surface area contributed by atoms with Crippen LogP contribution in [0.1, 0.15) is 63.0 Å². The lowest BCUT2D eigenvalue weighted by atomic mass is 9.80. The Morgan fingerprint density at radius 2 is 1.59 bits per heavy atom. The zero-order valence-corrected chi connectivity index (χ0v) is 45.6. The molecular weight excluding hydrogens is 1030 g/mol. The van der Waals surface area contributed by atoms with Crippen molar-refractivity contribution in [3.8, 4) is 23.4 Å². The largest absolute Gasteiger partial charge is 0.695 e. The Kier molecular flexibility index (Phi) is 17.6. The van der Waals surface area contributed by atoms with Gasteiger partial charge in [0.2, 0.25) is 5.88 Å². The Morgan fingerprint density at radius 3 is 2.20 bits per heavy atom. The SMILES string of the molecule is COc1ccc(C(OC[C@H]2C[C@@H](Oc3ccncn3)C[C@@H]2OP(=S)(OCCC#N)OC[C@H]2O[C@@H](n3cnc4c(=O)[nH]cnc43)[C@H](O[P+](=O)O)[C@@H]2O[Si](C)(C)C(C)(C)C)(c2ccccc2)c2ccc(OC)cc2)cc1. The Morgan fingerprint density at radius 1 is 0.919 bits per heavy atom. The van der Waals surface area contributed by atoms with Gasteiger partial charge in [-0.05, 0) is 77.3 Å². The molecule has 24 heteroatoms. The van der Waals surface area contributed by atoms with Crippen LogP contribution in [0.2, 0.25) is 18.1 Å². The Bertz CT molecular complexity index is 2940. The van der Waals surface area contributed by atoms with Crippen molar-refractivity contribution in [3.05, 3.63) is 137 Å². The first-order valence-corrected chi connectivity index (χ1v) is 30.5. The second kappa shape index (κ2) is 23.7. The van der Waals surface area contributed by atoms with Crippen LogP contribution in [0.3, 0.4) is 0 Å². The van der Waals surface area contributed by atoms with Gasteiger partial charge >= 0.3 is 15.0 Å². The first-order chi connectivity index (χ1) is 35.5. The molecule has 4 heterocycles. The maximum absolute atomic E-state index is 12.8. The van der Waals surface area contributed by atoms with Crippen LogP contribution in [-0.4, -0.2) is 107 Å². The molecule has 9 atom stereocenters. The fourth-order valence-electron chi connectivity index (χ4n) is 8.89. The molecule has 0 amide bonds. The van der Waals surface area contributed by atoms with Crippen molar-refractivity contribution in [2.45, 2.75) is 101 Å². The number of hydrogen-bond donors (Lipinski definition) is 2. The van der Waals surface area contributed by atoms with E-state index in [1.54, 1.807) is 26.5 Å². The third kappa shape index (κ3) is 12.3. The molecule has 0 radical (unpaired) electrons. The third-order valence-electron chi connectivity index (χ3n) is 13.6. The summed E-state index contributed by atoms with van der Waals surface area (Å²) in [5.74, 6) is 1.31. The molecule has 1 saturated heterocycles. The lowest BCUT2D eigenvalue weighted by Crippen LogP contribution is -2.50. The van der Waals surface area contributed by atoms with Gasteiger partial charge in [-0.1, -0.05) is 75.4 Å². The number of aromatic amines is 1. The second-order valence-corrected chi connectivity index (χ2v) is 27.6. The number of rotatable bonds is 23. The minimum absolute atomic E-state index is 0.0192. The molecule has 3 aromatic carbocycles. The van der Waals surface area contributed by atoms with E-state index in [0.29, 0.717) is 30.2 Å². The van der Waals surface area contributed by atoms with E-state index in [1.165, 1.54) is 23.5 Å². The highest BCUT2D eigenvalue weighted by Crippen LogP contribution is 2.56. The number of ether oxygens (including phenoxy) is 5. The van der Waals surface area contributed by atoms with Crippen LogP contribution < -0.4 is 19.8 Å². The Balaban J connectivity index is 1.15. The summed E-state index contributed by atoms with van der Waals surface area (Å²) in [6.45, 7) is 6.02. The van der Waals surface area contributed by atoms with Gasteiger partial charge in [0.15, 0.2) is 31.8 Å². The molecule has 2 N–H and O–H groups in total. The Labute approximate surface area is 435 Å². The van der Waals surface area contributed by atoms with Crippen LogP contribution in [0.4, 0.5) is 0 Å². The Hall–Kier alpha value is -5.37. The molecule has 8 rings (SSSR count). The topological polar surface area (TPSA) is 243 Å². The normalized spacial score (nSPS) is 22.3. The summed E-state index contributed by atoms with van der Waals surface area (Å²) >= 11 is 6.28. The number of nitrogens with one attached hydrogen (secondary N) is 1. The number of nitrogens with zero attached hydrogens (tertiary/aromatic N) is 6. The van der Waals surface area contributed by atoms with Crippen molar-refractivity contribution in [1.29, 1.82) is 5.26 Å². The van der Waals surface area contributed by atoms with E-state index in [1.807, 2.05) is 92.0 Å². The summed E-state index contributed by atoms with van der Waals surface area (Å²) < 4.78 is 78.4. The van der Waals surface area contributed by atoms with Crippen molar-refractivity contribution in [1.82, 2.24) is 29.5 Å². The van der Waals surface area contributed by atoms with E-state index in [0.717, 1.165) is 16.7 Å². The summed E-state index contributed by atoms with van der Waals surface area (Å²) in [6, 6.07) is 29.2. The van der Waals surface area contributed by atoms with Gasteiger partial charge in [0, 0.05) is 29.2 Å². The van der Waals surface area contributed by atoms with Crippen molar-refractivity contribution in [3.63, 3.8) is 0 Å². The summed E-state index contributed by atoms with van der Waals surface area (Å²) in [6.07, 6.45) is 0.664. The predicted octanol–water partition coefficient (Wildman–Crippen LogP) is 8.67. The number of aromatic nitrogens is 6. The lowest BCUT2D eigenvalue weighted by Gasteiger charge is -2.40. The van der Waals surface area contributed by atoms with Crippen LogP contribution in [0.5, 0.6) is 17.4 Å². The third-order valence-corrected chi connectivity index (χ3v) is 20.9. The lowest BCUT2D eigenvalue weighted by molar-refractivity contribution is -0.0513. The molecule has 0 spiro atoms. The molecule has 392 valence electrons. The van der Waals surface area contributed by atoms with Crippen LogP contribution in [0.15, 0.2) is 115 Å². The van der Waals surface area contributed by atoms with E-state index in [2.05, 4.69) is 51.8 Å². The highest BCUT2D eigenvalue weighted by Gasteiger charge is 2.56. The molecule has 0 bridgehead atoms. The van der Waals surface area contributed by atoms with Gasteiger partial charge in [-0.2, -0.15) is 5.26 Å². The summed E-state index contributed by atoms with van der Waals surface area (Å²) in [5.41, 5.74) is 1.01. The van der Waals surface area contributed by atoms with Gasteiger partial charge in [0.1, 0.15) is 41.7 Å². The first kappa shape index (κ1) is 54.9. The number of nitriles is 1. The fraction of sp³-hybridized carbons (Fsp3) is 0.440.